The van der Waals surface area contributed by atoms with Crippen molar-refractivity contribution in [3.05, 3.63) is 0 Å². The second-order valence-corrected chi connectivity index (χ2v) is 10.2. The van der Waals surface area contributed by atoms with Gasteiger partial charge < -0.3 is 14.2 Å². The second-order valence-electron chi connectivity index (χ2n) is 10.2. The Hall–Kier alpha value is -0.610. The number of rotatable bonds is 17. The summed E-state index contributed by atoms with van der Waals surface area (Å²) in [6, 6.07) is 0. The van der Waals surface area contributed by atoms with Crippen LogP contribution in [0.25, 0.3) is 0 Å². The van der Waals surface area contributed by atoms with Crippen molar-refractivity contribution >= 4 is 5.97 Å². The highest BCUT2D eigenvalue weighted by atomic mass is 16.5. The highest BCUT2D eigenvalue weighted by Gasteiger charge is 2.34. The first-order chi connectivity index (χ1) is 15.7. The van der Waals surface area contributed by atoms with Gasteiger partial charge in [0.15, 0.2) is 0 Å². The topological polar surface area (TPSA) is 44.8 Å². The molecule has 2 saturated carbocycles. The summed E-state index contributed by atoms with van der Waals surface area (Å²) in [5.41, 5.74) is 0. The fraction of sp³-hybridized carbons (Fsp3) is 0.964. The Labute approximate surface area is 198 Å². The van der Waals surface area contributed by atoms with Crippen LogP contribution in [-0.2, 0) is 19.0 Å². The minimum atomic E-state index is 0.0297. The molecule has 32 heavy (non-hydrogen) atoms. The van der Waals surface area contributed by atoms with E-state index >= 15 is 0 Å². The summed E-state index contributed by atoms with van der Waals surface area (Å²) in [6.45, 7) is 6.47. The molecule has 2 aliphatic carbocycles. The number of unbranched alkanes of at least 4 members (excludes halogenated alkanes) is 8. The maximum atomic E-state index is 12.6. The Bertz CT molecular complexity index is 460. The summed E-state index contributed by atoms with van der Waals surface area (Å²) in [7, 11) is 0. The van der Waals surface area contributed by atoms with Gasteiger partial charge in [-0.2, -0.15) is 0 Å². The molecule has 0 aromatic rings. The van der Waals surface area contributed by atoms with Crippen molar-refractivity contribution in [3.8, 4) is 0 Å². The maximum absolute atomic E-state index is 12.6. The molecule has 0 heterocycles. The van der Waals surface area contributed by atoms with Gasteiger partial charge >= 0.3 is 5.97 Å². The summed E-state index contributed by atoms with van der Waals surface area (Å²) >= 11 is 0. The molecule has 0 aromatic carbocycles. The van der Waals surface area contributed by atoms with Crippen LogP contribution in [-0.4, -0.2) is 38.0 Å². The van der Waals surface area contributed by atoms with E-state index in [2.05, 4.69) is 13.8 Å². The van der Waals surface area contributed by atoms with E-state index in [0.29, 0.717) is 31.8 Å². The van der Waals surface area contributed by atoms with Crippen LogP contribution in [0.3, 0.4) is 0 Å². The molecule has 0 amide bonds. The number of hydrogen-bond acceptors (Lipinski definition) is 4. The van der Waals surface area contributed by atoms with Gasteiger partial charge in [0.05, 0.1) is 37.9 Å². The predicted molar refractivity (Wildman–Crippen MR) is 132 cm³/mol. The van der Waals surface area contributed by atoms with E-state index in [9.17, 15) is 4.79 Å². The SMILES string of the molecule is CCCCCCCCCCCOC(=O)C1CCC(OCCOC2CCCCC2)C(CC)C1. The first-order valence-electron chi connectivity index (χ1n) is 14.1. The summed E-state index contributed by atoms with van der Waals surface area (Å²) < 4.78 is 17.8. The lowest BCUT2D eigenvalue weighted by atomic mass is 9.78. The first-order valence-corrected chi connectivity index (χ1v) is 14.1. The van der Waals surface area contributed by atoms with Gasteiger partial charge in [0, 0.05) is 0 Å². The van der Waals surface area contributed by atoms with E-state index in [1.807, 2.05) is 0 Å². The van der Waals surface area contributed by atoms with Crippen molar-refractivity contribution in [3.63, 3.8) is 0 Å². The third-order valence-electron chi connectivity index (χ3n) is 7.58. The number of carbonyl (C=O) groups is 1. The standard InChI is InChI=1S/C28H52O4/c1-3-5-6-7-8-9-10-11-15-20-32-28(29)25-18-19-27(24(4-2)23-25)31-22-21-30-26-16-13-12-14-17-26/h24-27H,3-23H2,1-2H3. The van der Waals surface area contributed by atoms with Crippen LogP contribution in [0.5, 0.6) is 0 Å². The average molecular weight is 453 g/mol. The Balaban J connectivity index is 1.50. The highest BCUT2D eigenvalue weighted by Crippen LogP contribution is 2.34. The zero-order chi connectivity index (χ0) is 22.9. The van der Waals surface area contributed by atoms with Gasteiger partial charge in [0.2, 0.25) is 0 Å². The zero-order valence-corrected chi connectivity index (χ0v) is 21.3. The largest absolute Gasteiger partial charge is 0.465 e. The van der Waals surface area contributed by atoms with E-state index in [1.165, 1.54) is 83.5 Å². The van der Waals surface area contributed by atoms with Gasteiger partial charge in [-0.25, -0.2) is 0 Å². The molecule has 0 spiro atoms. The molecular formula is C28H52O4. The number of esters is 1. The lowest BCUT2D eigenvalue weighted by Gasteiger charge is -2.34. The fourth-order valence-corrected chi connectivity index (χ4v) is 5.45. The normalized spacial score (nSPS) is 24.5. The number of hydrogen-bond donors (Lipinski definition) is 0. The van der Waals surface area contributed by atoms with Crippen LogP contribution in [0.2, 0.25) is 0 Å². The highest BCUT2D eigenvalue weighted by molar-refractivity contribution is 5.72. The molecule has 2 aliphatic rings. The molecule has 0 bridgehead atoms. The first kappa shape index (κ1) is 27.6. The molecule has 0 radical (unpaired) electrons. The second kappa shape index (κ2) is 17.8. The Morgan fingerprint density at radius 3 is 2.06 bits per heavy atom. The molecule has 4 heteroatoms. The Morgan fingerprint density at radius 1 is 0.719 bits per heavy atom. The smallest absolute Gasteiger partial charge is 0.308 e. The van der Waals surface area contributed by atoms with Gasteiger partial charge in [-0.1, -0.05) is 90.9 Å². The van der Waals surface area contributed by atoms with Crippen molar-refractivity contribution in [2.45, 2.75) is 142 Å². The molecule has 2 rings (SSSR count). The zero-order valence-electron chi connectivity index (χ0n) is 21.3. The van der Waals surface area contributed by atoms with E-state index in [4.69, 9.17) is 14.2 Å². The van der Waals surface area contributed by atoms with E-state index in [-0.39, 0.29) is 18.0 Å². The van der Waals surface area contributed by atoms with Crippen LogP contribution in [0.1, 0.15) is 129 Å². The molecule has 0 aromatic heterocycles. The molecular weight excluding hydrogens is 400 g/mol. The Kier molecular flexibility index (Phi) is 15.4. The maximum Gasteiger partial charge on any atom is 0.308 e. The van der Waals surface area contributed by atoms with Crippen molar-refractivity contribution in [1.29, 1.82) is 0 Å². The van der Waals surface area contributed by atoms with Gasteiger partial charge in [0.25, 0.3) is 0 Å². The Morgan fingerprint density at radius 2 is 1.38 bits per heavy atom. The number of carbonyl (C=O) groups excluding carboxylic acids is 1. The summed E-state index contributed by atoms with van der Waals surface area (Å²) in [4.78, 5) is 12.6. The van der Waals surface area contributed by atoms with Crippen LogP contribution >= 0.6 is 0 Å². The molecule has 0 saturated heterocycles. The van der Waals surface area contributed by atoms with Crippen LogP contribution in [0.15, 0.2) is 0 Å². The third-order valence-corrected chi connectivity index (χ3v) is 7.58. The summed E-state index contributed by atoms with van der Waals surface area (Å²) in [5, 5.41) is 0. The van der Waals surface area contributed by atoms with E-state index in [1.54, 1.807) is 0 Å². The average Bonchev–Trinajstić information content (AvgIpc) is 2.83. The quantitative estimate of drug-likeness (QED) is 0.168. The summed E-state index contributed by atoms with van der Waals surface area (Å²) in [6.07, 6.45) is 22.6. The molecule has 0 N–H and O–H groups in total. The molecule has 4 nitrogen and oxygen atoms in total. The van der Waals surface area contributed by atoms with Crippen LogP contribution < -0.4 is 0 Å². The van der Waals surface area contributed by atoms with E-state index < -0.39 is 0 Å². The van der Waals surface area contributed by atoms with Gasteiger partial charge in [0.1, 0.15) is 0 Å². The fourth-order valence-electron chi connectivity index (χ4n) is 5.45. The summed E-state index contributed by atoms with van der Waals surface area (Å²) in [5.74, 6) is 0.558. The third kappa shape index (κ3) is 11.5. The number of ether oxygens (including phenoxy) is 3. The molecule has 0 aliphatic heterocycles. The van der Waals surface area contributed by atoms with Crippen LogP contribution in [0.4, 0.5) is 0 Å². The lowest BCUT2D eigenvalue weighted by Crippen LogP contribution is -2.35. The predicted octanol–water partition coefficient (Wildman–Crippen LogP) is 7.62. The molecule has 2 fully saturated rings. The lowest BCUT2D eigenvalue weighted by molar-refractivity contribution is -0.152. The van der Waals surface area contributed by atoms with Gasteiger partial charge in [-0.3, -0.25) is 4.79 Å². The van der Waals surface area contributed by atoms with Crippen molar-refractivity contribution < 1.29 is 19.0 Å². The molecule has 3 unspecified atom stereocenters. The van der Waals surface area contributed by atoms with Gasteiger partial charge in [-0.15, -0.1) is 0 Å². The minimum absolute atomic E-state index is 0.0297. The monoisotopic (exact) mass is 452 g/mol. The van der Waals surface area contributed by atoms with Gasteiger partial charge in [-0.05, 0) is 44.4 Å². The van der Waals surface area contributed by atoms with Crippen molar-refractivity contribution in [1.82, 2.24) is 0 Å². The minimum Gasteiger partial charge on any atom is -0.465 e. The van der Waals surface area contributed by atoms with Crippen molar-refractivity contribution in [2.24, 2.45) is 11.8 Å². The molecule has 188 valence electrons. The van der Waals surface area contributed by atoms with Crippen molar-refractivity contribution in [2.75, 3.05) is 19.8 Å². The van der Waals surface area contributed by atoms with E-state index in [0.717, 1.165) is 32.1 Å². The molecule has 3 atom stereocenters. The van der Waals surface area contributed by atoms with Crippen LogP contribution in [0, 0.1) is 11.8 Å².